The number of hydrogen-bond acceptors (Lipinski definition) is 6. The van der Waals surface area contributed by atoms with E-state index in [0.29, 0.717) is 38.3 Å². The Morgan fingerprint density at radius 2 is 1.48 bits per heavy atom. The normalized spacial score (nSPS) is 17.4. The van der Waals surface area contributed by atoms with E-state index < -0.39 is 0 Å². The maximum Gasteiger partial charge on any atom is 0.181 e. The van der Waals surface area contributed by atoms with Gasteiger partial charge in [0.15, 0.2) is 23.0 Å². The summed E-state index contributed by atoms with van der Waals surface area (Å²) >= 11 is 3.42. The zero-order valence-electron chi connectivity index (χ0n) is 13.5. The van der Waals surface area contributed by atoms with Crippen LogP contribution in [0.1, 0.15) is 31.6 Å². The van der Waals surface area contributed by atoms with Crippen LogP contribution in [0, 0.1) is 5.92 Å². The number of rotatable bonds is 3. The molecule has 23 heavy (non-hydrogen) atoms. The second kappa shape index (κ2) is 5.91. The molecule has 2 aromatic heterocycles. The van der Waals surface area contributed by atoms with E-state index in [1.807, 2.05) is 5.38 Å². The van der Waals surface area contributed by atoms with E-state index in [-0.39, 0.29) is 0 Å². The number of fused-ring (bicyclic) bond motifs is 2. The van der Waals surface area contributed by atoms with Gasteiger partial charge in [-0.25, -0.2) is 0 Å². The van der Waals surface area contributed by atoms with E-state index in [4.69, 9.17) is 18.9 Å². The fourth-order valence-electron chi connectivity index (χ4n) is 2.74. The second-order valence-corrected chi connectivity index (χ2v) is 8.07. The summed E-state index contributed by atoms with van der Waals surface area (Å²) in [5, 5.41) is 2.02. The lowest BCUT2D eigenvalue weighted by Gasteiger charge is -2.20. The standard InChI is InChI=1S/C17H20O4S2/c1-9(2)10(3)15-13-14(21-7-6-20-13)17(23-15)16-12-11(8-22-16)18-4-5-19-12/h8-10H,4-7H2,1-3H3. The Bertz CT molecular complexity index is 716. The van der Waals surface area contributed by atoms with E-state index in [2.05, 4.69) is 20.8 Å². The average Bonchev–Trinajstić information content (AvgIpc) is 3.15. The van der Waals surface area contributed by atoms with Gasteiger partial charge in [-0.05, 0) is 11.8 Å². The van der Waals surface area contributed by atoms with Gasteiger partial charge >= 0.3 is 0 Å². The third kappa shape index (κ3) is 2.48. The molecule has 0 spiro atoms. The van der Waals surface area contributed by atoms with Gasteiger partial charge in [0, 0.05) is 5.38 Å². The van der Waals surface area contributed by atoms with Gasteiger partial charge in [-0.15, -0.1) is 22.7 Å². The van der Waals surface area contributed by atoms with E-state index in [1.54, 1.807) is 22.7 Å². The Balaban J connectivity index is 1.84. The van der Waals surface area contributed by atoms with Gasteiger partial charge < -0.3 is 18.9 Å². The Labute approximate surface area is 143 Å². The average molecular weight is 352 g/mol. The molecule has 0 aliphatic carbocycles. The Morgan fingerprint density at radius 1 is 0.826 bits per heavy atom. The molecule has 0 radical (unpaired) electrons. The fourth-order valence-corrected chi connectivity index (χ4v) is 5.23. The molecule has 2 aliphatic rings. The van der Waals surface area contributed by atoms with Crippen LogP contribution in [0.5, 0.6) is 23.0 Å². The van der Waals surface area contributed by atoms with E-state index in [1.165, 1.54) is 4.88 Å². The van der Waals surface area contributed by atoms with Gasteiger partial charge in [0.05, 0.1) is 14.6 Å². The molecule has 0 saturated carbocycles. The van der Waals surface area contributed by atoms with Crippen molar-refractivity contribution in [1.29, 1.82) is 0 Å². The van der Waals surface area contributed by atoms with Crippen molar-refractivity contribution in [2.24, 2.45) is 5.92 Å². The Kier molecular flexibility index (Phi) is 3.89. The first-order valence-electron chi connectivity index (χ1n) is 7.96. The van der Waals surface area contributed by atoms with Crippen molar-refractivity contribution < 1.29 is 18.9 Å². The van der Waals surface area contributed by atoms with Crippen molar-refractivity contribution in [2.45, 2.75) is 26.7 Å². The SMILES string of the molecule is CC(C)C(C)c1sc(-c2scc3c2OCCO3)c2c1OCCO2. The predicted octanol–water partition coefficient (Wildman–Crippen LogP) is 4.78. The van der Waals surface area contributed by atoms with E-state index >= 15 is 0 Å². The first kappa shape index (κ1) is 15.1. The Morgan fingerprint density at radius 3 is 2.22 bits per heavy atom. The van der Waals surface area contributed by atoms with Crippen LogP contribution in [0.15, 0.2) is 5.38 Å². The molecule has 2 aliphatic heterocycles. The molecule has 4 heterocycles. The molecule has 4 nitrogen and oxygen atoms in total. The van der Waals surface area contributed by atoms with Crippen molar-refractivity contribution in [3.05, 3.63) is 10.3 Å². The summed E-state index contributed by atoms with van der Waals surface area (Å²) in [6.45, 7) is 9.15. The molecule has 6 heteroatoms. The first-order chi connectivity index (χ1) is 11.2. The number of hydrogen-bond donors (Lipinski definition) is 0. The smallest absolute Gasteiger partial charge is 0.181 e. The molecule has 2 aromatic rings. The van der Waals surface area contributed by atoms with Crippen molar-refractivity contribution in [2.75, 3.05) is 26.4 Å². The van der Waals surface area contributed by atoms with E-state index in [9.17, 15) is 0 Å². The van der Waals surface area contributed by atoms with Gasteiger partial charge in [0.25, 0.3) is 0 Å². The molecular formula is C17H20O4S2. The van der Waals surface area contributed by atoms with Crippen molar-refractivity contribution in [3.63, 3.8) is 0 Å². The predicted molar refractivity (Wildman–Crippen MR) is 92.9 cm³/mol. The van der Waals surface area contributed by atoms with Crippen LogP contribution in [0.3, 0.4) is 0 Å². The number of thiophene rings is 2. The maximum absolute atomic E-state index is 5.98. The zero-order valence-corrected chi connectivity index (χ0v) is 15.1. The van der Waals surface area contributed by atoms with Gasteiger partial charge in [-0.1, -0.05) is 20.8 Å². The zero-order chi connectivity index (χ0) is 16.0. The first-order valence-corrected chi connectivity index (χ1v) is 9.66. The molecule has 0 fully saturated rings. The summed E-state index contributed by atoms with van der Waals surface area (Å²) in [5.74, 6) is 4.47. The summed E-state index contributed by atoms with van der Waals surface area (Å²) < 4.78 is 23.5. The van der Waals surface area contributed by atoms with Crippen LogP contribution in [0.4, 0.5) is 0 Å². The van der Waals surface area contributed by atoms with Crippen LogP contribution in [0.2, 0.25) is 0 Å². The quantitative estimate of drug-likeness (QED) is 0.797. The highest BCUT2D eigenvalue weighted by Crippen LogP contribution is 2.57. The van der Waals surface area contributed by atoms with Crippen LogP contribution in [-0.4, -0.2) is 26.4 Å². The van der Waals surface area contributed by atoms with Crippen molar-refractivity contribution in [3.8, 4) is 32.8 Å². The Hall–Kier alpha value is -1.40. The number of ether oxygens (including phenoxy) is 4. The minimum Gasteiger partial charge on any atom is -0.485 e. The minimum absolute atomic E-state index is 0.428. The van der Waals surface area contributed by atoms with Crippen LogP contribution in [-0.2, 0) is 0 Å². The van der Waals surface area contributed by atoms with Gasteiger partial charge in [-0.2, -0.15) is 0 Å². The largest absolute Gasteiger partial charge is 0.485 e. The molecule has 1 unspecified atom stereocenters. The highest BCUT2D eigenvalue weighted by molar-refractivity contribution is 7.22. The molecule has 0 amide bonds. The van der Waals surface area contributed by atoms with Crippen molar-refractivity contribution >= 4 is 22.7 Å². The highest BCUT2D eigenvalue weighted by Gasteiger charge is 2.32. The fraction of sp³-hybridized carbons (Fsp3) is 0.529. The lowest BCUT2D eigenvalue weighted by atomic mass is 9.96. The van der Waals surface area contributed by atoms with Gasteiger partial charge in [0.1, 0.15) is 26.4 Å². The molecule has 1 atom stereocenters. The summed E-state index contributed by atoms with van der Waals surface area (Å²) in [5.41, 5.74) is 0. The molecule has 0 bridgehead atoms. The third-order valence-electron chi connectivity index (χ3n) is 4.35. The molecule has 124 valence electrons. The highest BCUT2D eigenvalue weighted by atomic mass is 32.1. The topological polar surface area (TPSA) is 36.9 Å². The minimum atomic E-state index is 0.428. The molecule has 0 aromatic carbocycles. The molecular weight excluding hydrogens is 332 g/mol. The van der Waals surface area contributed by atoms with Gasteiger partial charge in [-0.3, -0.25) is 0 Å². The molecule has 4 rings (SSSR count). The second-order valence-electron chi connectivity index (χ2n) is 6.14. The van der Waals surface area contributed by atoms with Crippen LogP contribution >= 0.6 is 22.7 Å². The maximum atomic E-state index is 5.98. The van der Waals surface area contributed by atoms with E-state index in [0.717, 1.165) is 32.8 Å². The summed E-state index contributed by atoms with van der Waals surface area (Å²) in [4.78, 5) is 3.47. The lowest BCUT2D eigenvalue weighted by molar-refractivity contribution is 0.170. The molecule has 0 N–H and O–H groups in total. The lowest BCUT2D eigenvalue weighted by Crippen LogP contribution is -2.16. The van der Waals surface area contributed by atoms with Crippen LogP contribution < -0.4 is 18.9 Å². The summed E-state index contributed by atoms with van der Waals surface area (Å²) in [6, 6.07) is 0. The van der Waals surface area contributed by atoms with Crippen LogP contribution in [0.25, 0.3) is 9.75 Å². The van der Waals surface area contributed by atoms with Crippen molar-refractivity contribution in [1.82, 2.24) is 0 Å². The van der Waals surface area contributed by atoms with Gasteiger partial charge in [0.2, 0.25) is 0 Å². The third-order valence-corrected chi connectivity index (χ3v) is 6.80. The summed E-state index contributed by atoms with van der Waals surface area (Å²) in [7, 11) is 0. The molecule has 0 saturated heterocycles. The monoisotopic (exact) mass is 352 g/mol. The summed E-state index contributed by atoms with van der Waals surface area (Å²) in [6.07, 6.45) is 0.